The van der Waals surface area contributed by atoms with Gasteiger partial charge in [-0.2, -0.15) is 0 Å². The summed E-state index contributed by atoms with van der Waals surface area (Å²) >= 11 is 0. The third-order valence-corrected chi connectivity index (χ3v) is 5.72. The minimum atomic E-state index is -1.04. The molecule has 7 heteroatoms. The Kier molecular flexibility index (Phi) is 4.88. The zero-order valence-corrected chi connectivity index (χ0v) is 15.8. The molecule has 0 aromatic heterocycles. The Bertz CT molecular complexity index is 702. The van der Waals surface area contributed by atoms with Gasteiger partial charge in [-0.15, -0.1) is 0 Å². The molecular formula is C19H26BNO5. The molecule has 2 aliphatic rings. The van der Waals surface area contributed by atoms with E-state index in [9.17, 15) is 14.7 Å². The summed E-state index contributed by atoms with van der Waals surface area (Å²) in [6, 6.07) is 7.08. The molecular weight excluding hydrogens is 333 g/mol. The summed E-state index contributed by atoms with van der Waals surface area (Å²) in [6.45, 7) is 8.41. The average Bonchev–Trinajstić information content (AvgIpc) is 2.77. The predicted octanol–water partition coefficient (Wildman–Crippen LogP) is 2.24. The number of benzene rings is 1. The SMILES string of the molecule is CC1(C)OB(c2cccc(CC3C(=O)CCCN3C(=O)O)c2)OC1(C)C. The van der Waals surface area contributed by atoms with Gasteiger partial charge in [-0.1, -0.05) is 24.3 Å². The molecule has 140 valence electrons. The number of ketones is 1. The zero-order valence-electron chi connectivity index (χ0n) is 15.8. The average molecular weight is 359 g/mol. The summed E-state index contributed by atoms with van der Waals surface area (Å²) in [5.74, 6) is -0.0142. The first-order valence-corrected chi connectivity index (χ1v) is 9.07. The van der Waals surface area contributed by atoms with Gasteiger partial charge in [0.15, 0.2) is 5.78 Å². The van der Waals surface area contributed by atoms with E-state index in [1.165, 1.54) is 4.90 Å². The van der Waals surface area contributed by atoms with E-state index in [2.05, 4.69) is 0 Å². The monoisotopic (exact) mass is 359 g/mol. The van der Waals surface area contributed by atoms with Crippen LogP contribution >= 0.6 is 0 Å². The van der Waals surface area contributed by atoms with Gasteiger partial charge in [-0.3, -0.25) is 9.69 Å². The van der Waals surface area contributed by atoms with Crippen molar-refractivity contribution >= 4 is 24.5 Å². The van der Waals surface area contributed by atoms with Gasteiger partial charge in [0, 0.05) is 19.4 Å². The second kappa shape index (κ2) is 6.70. The maximum absolute atomic E-state index is 12.3. The molecule has 0 bridgehead atoms. The fourth-order valence-corrected chi connectivity index (χ4v) is 3.44. The van der Waals surface area contributed by atoms with Crippen LogP contribution in [0, 0.1) is 0 Å². The second-order valence-electron chi connectivity index (χ2n) is 8.10. The van der Waals surface area contributed by atoms with Gasteiger partial charge >= 0.3 is 13.2 Å². The van der Waals surface area contributed by atoms with E-state index in [-0.39, 0.29) is 5.78 Å². The minimum absolute atomic E-state index is 0.0142. The van der Waals surface area contributed by atoms with E-state index in [0.717, 1.165) is 11.0 Å². The Morgan fingerprint density at radius 3 is 2.54 bits per heavy atom. The van der Waals surface area contributed by atoms with Gasteiger partial charge in [0.1, 0.15) is 0 Å². The van der Waals surface area contributed by atoms with Crippen molar-refractivity contribution < 1.29 is 24.0 Å². The lowest BCUT2D eigenvalue weighted by Gasteiger charge is -2.32. The second-order valence-corrected chi connectivity index (χ2v) is 8.10. The standard InChI is InChI=1S/C19H26BNO5/c1-18(2)19(3,4)26-20(25-18)14-8-5-7-13(11-14)12-15-16(22)9-6-10-21(15)17(23)24/h5,7-8,11,15H,6,9-10,12H2,1-4H3,(H,23,24). The molecule has 0 saturated carbocycles. The van der Waals surface area contributed by atoms with Crippen LogP contribution in [0.25, 0.3) is 0 Å². The fraction of sp³-hybridized carbons (Fsp3) is 0.579. The van der Waals surface area contributed by atoms with Gasteiger partial charge in [0.25, 0.3) is 0 Å². The molecule has 1 aromatic carbocycles. The number of nitrogens with zero attached hydrogens (tertiary/aromatic N) is 1. The third kappa shape index (κ3) is 3.51. The number of hydrogen-bond acceptors (Lipinski definition) is 4. The van der Waals surface area contributed by atoms with E-state index >= 15 is 0 Å². The number of piperidine rings is 1. The van der Waals surface area contributed by atoms with Gasteiger partial charge in [-0.25, -0.2) is 4.79 Å². The topological polar surface area (TPSA) is 76.1 Å². The van der Waals surface area contributed by atoms with E-state index in [1.807, 2.05) is 52.0 Å². The summed E-state index contributed by atoms with van der Waals surface area (Å²) < 4.78 is 12.2. The molecule has 3 rings (SSSR count). The van der Waals surface area contributed by atoms with Gasteiger partial charge in [0.05, 0.1) is 17.2 Å². The Labute approximate surface area is 154 Å². The maximum atomic E-state index is 12.3. The molecule has 2 aliphatic heterocycles. The minimum Gasteiger partial charge on any atom is -0.465 e. The molecule has 0 aliphatic carbocycles. The number of likely N-dealkylation sites (tertiary alicyclic amines) is 1. The summed E-state index contributed by atoms with van der Waals surface area (Å²) in [5, 5.41) is 9.38. The van der Waals surface area contributed by atoms with Crippen molar-refractivity contribution in [2.24, 2.45) is 0 Å². The fourth-order valence-electron chi connectivity index (χ4n) is 3.44. The summed E-state index contributed by atoms with van der Waals surface area (Å²) in [4.78, 5) is 25.0. The van der Waals surface area contributed by atoms with Gasteiger partial charge in [-0.05, 0) is 45.1 Å². The van der Waals surface area contributed by atoms with Crippen LogP contribution in [0.1, 0.15) is 46.1 Å². The lowest BCUT2D eigenvalue weighted by Crippen LogP contribution is -2.49. The molecule has 6 nitrogen and oxygen atoms in total. The number of rotatable bonds is 3. The molecule has 1 amide bonds. The normalized spacial score (nSPS) is 24.8. The smallest absolute Gasteiger partial charge is 0.465 e. The van der Waals surface area contributed by atoms with Crippen LogP contribution in [-0.4, -0.2) is 52.8 Å². The van der Waals surface area contributed by atoms with Crippen molar-refractivity contribution in [2.75, 3.05) is 6.54 Å². The molecule has 26 heavy (non-hydrogen) atoms. The molecule has 2 saturated heterocycles. The Hall–Kier alpha value is -1.86. The highest BCUT2D eigenvalue weighted by Crippen LogP contribution is 2.36. The van der Waals surface area contributed by atoms with E-state index < -0.39 is 30.5 Å². The molecule has 1 aromatic rings. The van der Waals surface area contributed by atoms with E-state index in [0.29, 0.717) is 25.8 Å². The Balaban J connectivity index is 1.80. The Morgan fingerprint density at radius 2 is 1.92 bits per heavy atom. The van der Waals surface area contributed by atoms with Crippen LogP contribution in [-0.2, 0) is 20.5 Å². The lowest BCUT2D eigenvalue weighted by atomic mass is 9.78. The summed E-state index contributed by atoms with van der Waals surface area (Å²) in [7, 11) is -0.474. The van der Waals surface area contributed by atoms with E-state index in [4.69, 9.17) is 9.31 Å². The third-order valence-electron chi connectivity index (χ3n) is 5.72. The van der Waals surface area contributed by atoms with E-state index in [1.54, 1.807) is 0 Å². The quantitative estimate of drug-likeness (QED) is 0.838. The molecule has 0 radical (unpaired) electrons. The number of Topliss-reactive ketones (excluding diaryl/α,β-unsaturated/α-hetero) is 1. The van der Waals surface area contributed by atoms with Gasteiger partial charge in [0.2, 0.25) is 0 Å². The number of amides is 1. The highest BCUT2D eigenvalue weighted by Gasteiger charge is 2.51. The zero-order chi connectivity index (χ0) is 19.1. The number of hydrogen-bond donors (Lipinski definition) is 1. The maximum Gasteiger partial charge on any atom is 0.494 e. The van der Waals surface area contributed by atoms with Crippen molar-refractivity contribution in [3.05, 3.63) is 29.8 Å². The first kappa shape index (κ1) is 18.9. The highest BCUT2D eigenvalue weighted by atomic mass is 16.7. The lowest BCUT2D eigenvalue weighted by molar-refractivity contribution is -0.126. The predicted molar refractivity (Wildman–Crippen MR) is 98.6 cm³/mol. The van der Waals surface area contributed by atoms with Crippen LogP contribution in [0.2, 0.25) is 0 Å². The first-order chi connectivity index (χ1) is 12.1. The van der Waals surface area contributed by atoms with Gasteiger partial charge < -0.3 is 14.4 Å². The molecule has 1 atom stereocenters. The van der Waals surface area contributed by atoms with Crippen LogP contribution in [0.15, 0.2) is 24.3 Å². The van der Waals surface area contributed by atoms with Crippen LogP contribution in [0.5, 0.6) is 0 Å². The Morgan fingerprint density at radius 1 is 1.27 bits per heavy atom. The summed E-state index contributed by atoms with van der Waals surface area (Å²) in [6.07, 6.45) is 0.365. The van der Waals surface area contributed by atoms with Crippen LogP contribution < -0.4 is 5.46 Å². The van der Waals surface area contributed by atoms with Crippen molar-refractivity contribution in [1.29, 1.82) is 0 Å². The molecule has 0 spiro atoms. The first-order valence-electron chi connectivity index (χ1n) is 9.07. The molecule has 2 heterocycles. The van der Waals surface area contributed by atoms with Crippen LogP contribution in [0.4, 0.5) is 4.79 Å². The number of carbonyl (C=O) groups is 2. The summed E-state index contributed by atoms with van der Waals surface area (Å²) in [5.41, 5.74) is 0.940. The van der Waals surface area contributed by atoms with Crippen molar-refractivity contribution in [3.8, 4) is 0 Å². The molecule has 1 unspecified atom stereocenters. The van der Waals surface area contributed by atoms with Crippen molar-refractivity contribution in [3.63, 3.8) is 0 Å². The van der Waals surface area contributed by atoms with Crippen molar-refractivity contribution in [1.82, 2.24) is 4.90 Å². The molecule has 1 N–H and O–H groups in total. The number of carbonyl (C=O) groups excluding carboxylic acids is 1. The number of carboxylic acid groups (broad SMARTS) is 1. The highest BCUT2D eigenvalue weighted by molar-refractivity contribution is 6.62. The largest absolute Gasteiger partial charge is 0.494 e. The molecule has 2 fully saturated rings. The van der Waals surface area contributed by atoms with Crippen LogP contribution in [0.3, 0.4) is 0 Å². The van der Waals surface area contributed by atoms with Crippen molar-refractivity contribution in [2.45, 2.75) is 64.2 Å².